The van der Waals surface area contributed by atoms with Crippen LogP contribution >= 0.6 is 22.9 Å². The van der Waals surface area contributed by atoms with Gasteiger partial charge in [0, 0.05) is 48.2 Å². The first kappa shape index (κ1) is 25.9. The fourth-order valence-electron chi connectivity index (χ4n) is 3.62. The minimum Gasteiger partial charge on any atom is -0.383 e. The number of para-hydroxylation sites is 1. The molecule has 0 atom stereocenters. The van der Waals surface area contributed by atoms with Gasteiger partial charge in [0.1, 0.15) is 4.88 Å². The number of hydrogen-bond acceptors (Lipinski definition) is 7. The number of thiophene rings is 1. The number of fused-ring (bicyclic) bond motifs is 1. The van der Waals surface area contributed by atoms with Crippen LogP contribution < -0.4 is 21.3 Å². The Bertz CT molecular complexity index is 1460. The van der Waals surface area contributed by atoms with Gasteiger partial charge in [0.05, 0.1) is 17.8 Å². The summed E-state index contributed by atoms with van der Waals surface area (Å²) in [4.78, 5) is 21.8. The van der Waals surface area contributed by atoms with Crippen molar-refractivity contribution in [3.8, 4) is 6.19 Å². The summed E-state index contributed by atoms with van der Waals surface area (Å²) >= 11 is 7.63. The molecular weight excluding hydrogens is 510 g/mol. The van der Waals surface area contributed by atoms with Crippen LogP contribution in [0.15, 0.2) is 71.2 Å². The smallest absolute Gasteiger partial charge is 0.267 e. The Morgan fingerprint density at radius 3 is 2.78 bits per heavy atom. The summed E-state index contributed by atoms with van der Waals surface area (Å²) in [6, 6.07) is 16.8. The first-order valence-electron chi connectivity index (χ1n) is 11.3. The van der Waals surface area contributed by atoms with E-state index in [0.717, 1.165) is 22.2 Å². The average Bonchev–Trinajstić information content (AvgIpc) is 3.36. The number of guanidine groups is 1. The highest BCUT2D eigenvalue weighted by Crippen LogP contribution is 2.27. The highest BCUT2D eigenvalue weighted by Gasteiger charge is 2.15. The molecule has 2 aromatic heterocycles. The van der Waals surface area contributed by atoms with Gasteiger partial charge in [0.25, 0.3) is 5.91 Å². The summed E-state index contributed by atoms with van der Waals surface area (Å²) in [7, 11) is 1.58. The van der Waals surface area contributed by atoms with Crippen LogP contribution in [-0.2, 0) is 11.3 Å². The molecule has 37 heavy (non-hydrogen) atoms. The van der Waals surface area contributed by atoms with Gasteiger partial charge in [-0.1, -0.05) is 29.8 Å². The Labute approximate surface area is 223 Å². The minimum atomic E-state index is -0.269. The number of hydrogen-bond donors (Lipinski definition) is 4. The first-order chi connectivity index (χ1) is 18.1. The summed E-state index contributed by atoms with van der Waals surface area (Å²) in [5.74, 6) is -0.0260. The van der Waals surface area contributed by atoms with Crippen molar-refractivity contribution < 1.29 is 9.53 Å². The lowest BCUT2D eigenvalue weighted by Gasteiger charge is -2.13. The lowest BCUT2D eigenvalue weighted by atomic mass is 10.1. The standard InChI is InChI=1S/C26H24ClN7O2S/c1-36-10-9-30-26(32-16-28)34-20-13-18(27)12-19(14-20)33-25(35)24-23(7-11-37-24)31-15-17-6-8-29-22-5-3-2-4-21(17)22/h2-8,11-14,31H,9-10,15H2,1H3,(H,33,35)(H2,30,32,34). The van der Waals surface area contributed by atoms with Gasteiger partial charge < -0.3 is 26.0 Å². The molecule has 0 saturated heterocycles. The van der Waals surface area contributed by atoms with Gasteiger partial charge in [-0.15, -0.1) is 16.3 Å². The normalized spacial score (nSPS) is 11.1. The SMILES string of the molecule is COCCN/C(=N\C#N)Nc1cc(Cl)cc(NC(=O)c2sccc2NCc2ccnc3ccccc23)c1. The molecule has 0 spiro atoms. The van der Waals surface area contributed by atoms with Crippen LogP contribution in [0.5, 0.6) is 0 Å². The summed E-state index contributed by atoms with van der Waals surface area (Å²) < 4.78 is 5.01. The Hall–Kier alpha value is -4.17. The minimum absolute atomic E-state index is 0.243. The Morgan fingerprint density at radius 1 is 1.16 bits per heavy atom. The highest BCUT2D eigenvalue weighted by molar-refractivity contribution is 7.12. The zero-order valence-corrected chi connectivity index (χ0v) is 21.5. The number of carbonyl (C=O) groups excluding carboxylic acids is 1. The third-order valence-electron chi connectivity index (χ3n) is 5.26. The van der Waals surface area contributed by atoms with Crippen LogP contribution in [0.1, 0.15) is 15.2 Å². The fraction of sp³-hybridized carbons (Fsp3) is 0.154. The van der Waals surface area contributed by atoms with Crippen molar-refractivity contribution in [2.45, 2.75) is 6.54 Å². The summed E-state index contributed by atoms with van der Waals surface area (Å²) in [5, 5.41) is 24.5. The quantitative estimate of drug-likeness (QED) is 0.0996. The number of amides is 1. The van der Waals surface area contributed by atoms with Crippen LogP contribution in [0.25, 0.3) is 10.9 Å². The van der Waals surface area contributed by atoms with E-state index >= 15 is 0 Å². The van der Waals surface area contributed by atoms with Crippen molar-refractivity contribution in [1.29, 1.82) is 5.26 Å². The van der Waals surface area contributed by atoms with E-state index in [1.165, 1.54) is 11.3 Å². The summed E-state index contributed by atoms with van der Waals surface area (Å²) in [5.41, 5.74) is 3.79. The highest BCUT2D eigenvalue weighted by atomic mass is 35.5. The van der Waals surface area contributed by atoms with E-state index in [0.29, 0.717) is 41.0 Å². The maximum Gasteiger partial charge on any atom is 0.267 e. The number of halogens is 1. The molecule has 4 aromatic rings. The van der Waals surface area contributed by atoms with E-state index < -0.39 is 0 Å². The van der Waals surface area contributed by atoms with Crippen LogP contribution in [0, 0.1) is 11.5 Å². The molecule has 4 rings (SSSR count). The number of ether oxygens (including phenoxy) is 1. The van der Waals surface area contributed by atoms with Gasteiger partial charge in [-0.05, 0) is 47.3 Å². The summed E-state index contributed by atoms with van der Waals surface area (Å²) in [6.07, 6.45) is 3.53. The summed E-state index contributed by atoms with van der Waals surface area (Å²) in [6.45, 7) is 1.44. The van der Waals surface area contributed by atoms with Gasteiger partial charge in [-0.2, -0.15) is 5.26 Å². The molecule has 2 heterocycles. The number of nitrogens with zero attached hydrogens (tertiary/aromatic N) is 3. The lowest BCUT2D eigenvalue weighted by molar-refractivity contribution is 0.103. The van der Waals surface area contributed by atoms with Crippen molar-refractivity contribution in [1.82, 2.24) is 10.3 Å². The second-order valence-electron chi connectivity index (χ2n) is 7.79. The van der Waals surface area contributed by atoms with Crippen LogP contribution in [0.4, 0.5) is 17.1 Å². The Kier molecular flexibility index (Phi) is 8.89. The van der Waals surface area contributed by atoms with Crippen molar-refractivity contribution in [3.63, 3.8) is 0 Å². The molecule has 11 heteroatoms. The number of anilines is 3. The number of rotatable bonds is 9. The average molecular weight is 534 g/mol. The fourth-order valence-corrected chi connectivity index (χ4v) is 4.62. The molecule has 4 N–H and O–H groups in total. The van der Waals surface area contributed by atoms with Crippen LogP contribution in [-0.4, -0.2) is 37.1 Å². The van der Waals surface area contributed by atoms with Crippen LogP contribution in [0.3, 0.4) is 0 Å². The van der Waals surface area contributed by atoms with E-state index in [-0.39, 0.29) is 11.9 Å². The zero-order chi connectivity index (χ0) is 26.0. The molecule has 0 saturated carbocycles. The van der Waals surface area contributed by atoms with Gasteiger partial charge in [0.2, 0.25) is 12.2 Å². The predicted octanol–water partition coefficient (Wildman–Crippen LogP) is 5.30. The van der Waals surface area contributed by atoms with E-state index in [2.05, 4.69) is 31.2 Å². The Morgan fingerprint density at radius 2 is 1.97 bits per heavy atom. The lowest BCUT2D eigenvalue weighted by Crippen LogP contribution is -2.33. The topological polar surface area (TPSA) is 123 Å². The zero-order valence-electron chi connectivity index (χ0n) is 19.9. The van der Waals surface area contributed by atoms with Gasteiger partial charge in [0.15, 0.2) is 0 Å². The molecule has 188 valence electrons. The maximum atomic E-state index is 13.1. The van der Waals surface area contributed by atoms with Gasteiger partial charge in [-0.3, -0.25) is 9.78 Å². The maximum absolute atomic E-state index is 13.1. The number of nitriles is 1. The van der Waals surface area contributed by atoms with E-state index in [1.807, 2.05) is 41.8 Å². The number of carbonyl (C=O) groups is 1. The van der Waals surface area contributed by atoms with Crippen molar-refractivity contribution in [2.75, 3.05) is 36.2 Å². The molecule has 1 amide bonds. The monoisotopic (exact) mass is 533 g/mol. The van der Waals surface area contributed by atoms with E-state index in [1.54, 1.807) is 37.7 Å². The third kappa shape index (κ3) is 6.95. The van der Waals surface area contributed by atoms with Gasteiger partial charge >= 0.3 is 0 Å². The van der Waals surface area contributed by atoms with Crippen molar-refractivity contribution >= 4 is 62.8 Å². The van der Waals surface area contributed by atoms with Gasteiger partial charge in [-0.25, -0.2) is 0 Å². The molecule has 0 unspecified atom stereocenters. The van der Waals surface area contributed by atoms with Crippen molar-refractivity contribution in [2.24, 2.45) is 4.99 Å². The van der Waals surface area contributed by atoms with Crippen molar-refractivity contribution in [3.05, 3.63) is 81.6 Å². The predicted molar refractivity (Wildman–Crippen MR) is 149 cm³/mol. The first-order valence-corrected chi connectivity index (χ1v) is 12.6. The number of nitrogens with one attached hydrogen (secondary N) is 4. The molecule has 0 aliphatic rings. The number of aliphatic imine (C=N–C) groups is 1. The second-order valence-corrected chi connectivity index (χ2v) is 9.14. The molecule has 2 aromatic carbocycles. The van der Waals surface area contributed by atoms with Crippen LogP contribution in [0.2, 0.25) is 5.02 Å². The van der Waals surface area contributed by atoms with E-state index in [9.17, 15) is 4.79 Å². The number of aromatic nitrogens is 1. The second kappa shape index (κ2) is 12.7. The molecule has 0 fully saturated rings. The molecular formula is C26H24ClN7O2S. The molecule has 0 aliphatic heterocycles. The molecule has 0 bridgehead atoms. The molecule has 9 nitrogen and oxygen atoms in total. The molecule has 0 aliphatic carbocycles. The largest absolute Gasteiger partial charge is 0.383 e. The number of methoxy groups -OCH3 is 1. The van der Waals surface area contributed by atoms with E-state index in [4.69, 9.17) is 21.6 Å². The third-order valence-corrected chi connectivity index (χ3v) is 6.39. The molecule has 0 radical (unpaired) electrons. The number of pyridine rings is 1. The Balaban J connectivity index is 1.45. The number of benzene rings is 2.